The van der Waals surface area contributed by atoms with E-state index in [0.29, 0.717) is 12.3 Å². The first-order valence-corrected chi connectivity index (χ1v) is 20.9. The SMILES string of the molecule is C=C1C[C@H](CC)[C@@](C)(O)C(C)C(C)C(=NCC(C)C)[C@H](C)C[C@@](C)(OC)C[C@@H](C)[C@H](O[C@H]2C[C@@](C)(OC)[C@@H](O)C(C)C2CC)C1C.CC.CC#CC. The third-order valence-electron chi connectivity index (χ3n) is 13.2. The van der Waals surface area contributed by atoms with Crippen LogP contribution in [0.15, 0.2) is 17.1 Å². The van der Waals surface area contributed by atoms with Crippen LogP contribution in [0.2, 0.25) is 0 Å². The summed E-state index contributed by atoms with van der Waals surface area (Å²) in [5.41, 5.74) is 0.385. The predicted octanol–water partition coefficient (Wildman–Crippen LogP) is 10.8. The van der Waals surface area contributed by atoms with Gasteiger partial charge in [0.1, 0.15) is 0 Å². The normalized spacial score (nSPS) is 41.5. The van der Waals surface area contributed by atoms with Gasteiger partial charge in [-0.1, -0.05) is 108 Å². The number of ether oxygens (including phenoxy) is 3. The van der Waals surface area contributed by atoms with Crippen LogP contribution in [-0.2, 0) is 14.2 Å². The molecule has 0 bridgehead atoms. The van der Waals surface area contributed by atoms with Crippen LogP contribution < -0.4 is 0 Å². The molecule has 2 rings (SSSR count). The van der Waals surface area contributed by atoms with E-state index in [0.717, 1.165) is 44.2 Å². The molecule has 2 saturated carbocycles. The average Bonchev–Trinajstić information content (AvgIpc) is 3.11. The van der Waals surface area contributed by atoms with Gasteiger partial charge in [0.15, 0.2) is 0 Å². The summed E-state index contributed by atoms with van der Waals surface area (Å²) >= 11 is 0. The second-order valence-electron chi connectivity index (χ2n) is 17.4. The van der Waals surface area contributed by atoms with E-state index in [9.17, 15) is 10.2 Å². The summed E-state index contributed by atoms with van der Waals surface area (Å²) in [5, 5.41) is 23.6. The Morgan fingerprint density at radius 3 is 1.88 bits per heavy atom. The van der Waals surface area contributed by atoms with Crippen LogP contribution in [-0.4, -0.2) is 71.8 Å². The molecule has 0 saturated heterocycles. The minimum Gasteiger partial charge on any atom is -0.390 e. The Hall–Kier alpha value is -1.23. The van der Waals surface area contributed by atoms with E-state index in [1.165, 1.54) is 5.71 Å². The maximum Gasteiger partial charge on any atom is 0.0935 e. The summed E-state index contributed by atoms with van der Waals surface area (Å²) in [4.78, 5) is 5.25. The van der Waals surface area contributed by atoms with Crippen molar-refractivity contribution < 1.29 is 24.4 Å². The average molecular weight is 734 g/mol. The molecule has 6 nitrogen and oxygen atoms in total. The zero-order valence-electron chi connectivity index (χ0n) is 37.7. The first-order valence-electron chi connectivity index (χ1n) is 20.9. The lowest BCUT2D eigenvalue weighted by atomic mass is 9.66. The molecule has 2 aliphatic carbocycles. The smallest absolute Gasteiger partial charge is 0.0935 e. The Labute approximate surface area is 323 Å². The molecule has 0 aliphatic heterocycles. The van der Waals surface area contributed by atoms with Crippen molar-refractivity contribution in [2.24, 2.45) is 58.3 Å². The van der Waals surface area contributed by atoms with E-state index < -0.39 is 17.3 Å². The molecule has 6 heteroatoms. The number of nitrogens with zero attached hydrogens (tertiary/aromatic N) is 1. The lowest BCUT2D eigenvalue weighted by Crippen LogP contribution is -2.57. The molecule has 0 spiro atoms. The minimum absolute atomic E-state index is 0.0174. The zero-order chi connectivity index (χ0) is 40.8. The largest absolute Gasteiger partial charge is 0.390 e. The summed E-state index contributed by atoms with van der Waals surface area (Å²) in [7, 11) is 3.55. The predicted molar refractivity (Wildman–Crippen MR) is 224 cm³/mol. The molecular weight excluding hydrogens is 647 g/mol. The summed E-state index contributed by atoms with van der Waals surface area (Å²) in [5.74, 6) is 6.76. The number of aliphatic imine (C=N–C) groups is 1. The first kappa shape index (κ1) is 50.8. The van der Waals surface area contributed by atoms with E-state index in [4.69, 9.17) is 19.2 Å². The standard InChI is InChI=1S/C40H75NO5.C4H6.C2H6/c1-17-32-19-25(5)28(8)36(46-34-22-39(13,45-16)37(42)30(10)33(34)18-2)27(7)21-38(12,44-15)20-26(6)35(41-23-24(3)4)29(9)31(11)40(32,14)43;1-3-4-2;1-2/h24,26-34,36-37,42-43H,5,17-23H2,1-4,6-16H3;1-2H3;1-2H3/t26-,27-,28?,29?,30?,31?,32+,33?,34+,36+,37+,38-,39-,40+;;/m1../s1. The molecule has 306 valence electrons. The summed E-state index contributed by atoms with van der Waals surface area (Å²) in [6.45, 7) is 41.7. The van der Waals surface area contributed by atoms with Crippen molar-refractivity contribution >= 4 is 5.71 Å². The van der Waals surface area contributed by atoms with Crippen LogP contribution in [0.3, 0.4) is 0 Å². The Morgan fingerprint density at radius 1 is 0.885 bits per heavy atom. The molecule has 0 heterocycles. The van der Waals surface area contributed by atoms with Crippen molar-refractivity contribution in [2.75, 3.05) is 20.8 Å². The van der Waals surface area contributed by atoms with Crippen molar-refractivity contribution in [3.8, 4) is 11.8 Å². The highest BCUT2D eigenvalue weighted by Gasteiger charge is 2.51. The Balaban J connectivity index is 0.00000404. The maximum atomic E-state index is 12.3. The lowest BCUT2D eigenvalue weighted by Gasteiger charge is -2.51. The summed E-state index contributed by atoms with van der Waals surface area (Å²) < 4.78 is 19.7. The van der Waals surface area contributed by atoms with Crippen molar-refractivity contribution in [1.82, 2.24) is 0 Å². The van der Waals surface area contributed by atoms with Crippen LogP contribution in [0.4, 0.5) is 0 Å². The summed E-state index contributed by atoms with van der Waals surface area (Å²) in [6, 6.07) is 0. The zero-order valence-corrected chi connectivity index (χ0v) is 37.7. The van der Waals surface area contributed by atoms with Gasteiger partial charge in [-0.2, -0.15) is 0 Å². The van der Waals surface area contributed by atoms with Crippen molar-refractivity contribution in [2.45, 2.75) is 191 Å². The maximum absolute atomic E-state index is 12.3. The van der Waals surface area contributed by atoms with Gasteiger partial charge in [-0.15, -0.1) is 11.8 Å². The van der Waals surface area contributed by atoms with Crippen molar-refractivity contribution in [3.63, 3.8) is 0 Å². The van der Waals surface area contributed by atoms with E-state index in [2.05, 4.69) is 94.6 Å². The van der Waals surface area contributed by atoms with Gasteiger partial charge >= 0.3 is 0 Å². The van der Waals surface area contributed by atoms with Crippen molar-refractivity contribution in [1.29, 1.82) is 0 Å². The fourth-order valence-corrected chi connectivity index (χ4v) is 9.20. The van der Waals surface area contributed by atoms with Crippen LogP contribution in [0.25, 0.3) is 0 Å². The molecule has 0 amide bonds. The molecular formula is C46H87NO5. The second kappa shape index (κ2) is 23.0. The van der Waals surface area contributed by atoms with Gasteiger partial charge in [0.05, 0.1) is 35.1 Å². The van der Waals surface area contributed by atoms with Gasteiger partial charge in [-0.25, -0.2) is 0 Å². The van der Waals surface area contributed by atoms with Crippen LogP contribution in [0.1, 0.15) is 156 Å². The molecule has 0 aromatic carbocycles. The first-order chi connectivity index (χ1) is 24.1. The fourth-order valence-electron chi connectivity index (χ4n) is 9.20. The van der Waals surface area contributed by atoms with Crippen molar-refractivity contribution in [3.05, 3.63) is 12.2 Å². The third kappa shape index (κ3) is 13.2. The Kier molecular flexibility index (Phi) is 22.4. The minimum atomic E-state index is -0.895. The molecule has 2 aliphatic rings. The van der Waals surface area contributed by atoms with E-state index in [1.807, 2.05) is 48.7 Å². The number of hydrogen-bond acceptors (Lipinski definition) is 6. The summed E-state index contributed by atoms with van der Waals surface area (Å²) in [6.07, 6.45) is 4.18. The number of hydrogen-bond donors (Lipinski definition) is 2. The number of rotatable bonds is 8. The van der Waals surface area contributed by atoms with E-state index in [1.54, 1.807) is 7.11 Å². The molecule has 2 fully saturated rings. The monoisotopic (exact) mass is 734 g/mol. The number of aliphatic hydroxyl groups excluding tert-OH is 1. The van der Waals surface area contributed by atoms with Gasteiger partial charge in [0.25, 0.3) is 0 Å². The molecule has 14 atom stereocenters. The molecule has 0 aromatic heterocycles. The van der Waals surface area contributed by atoms with Gasteiger partial charge < -0.3 is 24.4 Å². The van der Waals surface area contributed by atoms with E-state index >= 15 is 0 Å². The van der Waals surface area contributed by atoms with Gasteiger partial charge in [-0.05, 0) is 101 Å². The van der Waals surface area contributed by atoms with Gasteiger partial charge in [-0.3, -0.25) is 4.99 Å². The Morgan fingerprint density at radius 2 is 1.44 bits per heavy atom. The molecule has 52 heavy (non-hydrogen) atoms. The highest BCUT2D eigenvalue weighted by Crippen LogP contribution is 2.46. The highest BCUT2D eigenvalue weighted by atomic mass is 16.5. The molecule has 0 radical (unpaired) electrons. The quantitative estimate of drug-likeness (QED) is 0.192. The highest BCUT2D eigenvalue weighted by molar-refractivity contribution is 5.89. The fraction of sp³-hybridized carbons (Fsp3) is 0.891. The van der Waals surface area contributed by atoms with Gasteiger partial charge in [0.2, 0.25) is 0 Å². The number of methoxy groups -OCH3 is 2. The number of aliphatic hydroxyl groups is 2. The van der Waals surface area contributed by atoms with Crippen LogP contribution in [0.5, 0.6) is 0 Å². The van der Waals surface area contributed by atoms with Gasteiger partial charge in [0, 0.05) is 38.8 Å². The van der Waals surface area contributed by atoms with E-state index in [-0.39, 0.29) is 65.2 Å². The lowest BCUT2D eigenvalue weighted by molar-refractivity contribution is -0.209. The third-order valence-corrected chi connectivity index (χ3v) is 13.2. The molecule has 0 aromatic rings. The Bertz CT molecular complexity index is 1120. The second-order valence-corrected chi connectivity index (χ2v) is 17.4. The van der Waals surface area contributed by atoms with Crippen LogP contribution in [0, 0.1) is 65.1 Å². The van der Waals surface area contributed by atoms with Crippen LogP contribution >= 0.6 is 0 Å². The molecule has 2 N–H and O–H groups in total. The topological polar surface area (TPSA) is 80.5 Å². The molecule has 5 unspecified atom stereocenters.